The molecule has 0 saturated carbocycles. The van der Waals surface area contributed by atoms with Gasteiger partial charge in [-0.05, 0) is 100 Å². The number of aromatic nitrogens is 1. The van der Waals surface area contributed by atoms with Crippen molar-refractivity contribution in [1.29, 1.82) is 0 Å². The largest absolute Gasteiger partial charge is 0.584 e. The van der Waals surface area contributed by atoms with Crippen molar-refractivity contribution in [3.8, 4) is 28.5 Å². The number of pyridine rings is 1. The fourth-order valence-corrected chi connectivity index (χ4v) is 9.96. The van der Waals surface area contributed by atoms with Gasteiger partial charge in [0, 0.05) is 39.0 Å². The van der Waals surface area contributed by atoms with E-state index in [1.54, 1.807) is 19.2 Å². The molecule has 0 bridgehead atoms. The number of hydrogen-bond donors (Lipinski definition) is 2. The molecule has 2 heterocycles. The van der Waals surface area contributed by atoms with Crippen LogP contribution in [0.15, 0.2) is 174 Å². The summed E-state index contributed by atoms with van der Waals surface area (Å²) >= 11 is 3.60. The van der Waals surface area contributed by atoms with E-state index in [-0.39, 0.29) is 0 Å². The van der Waals surface area contributed by atoms with Crippen LogP contribution in [0.2, 0.25) is 0 Å². The van der Waals surface area contributed by atoms with Crippen LogP contribution in [0.25, 0.3) is 54.3 Å². The Labute approximate surface area is 368 Å². The third kappa shape index (κ3) is 7.95. The van der Waals surface area contributed by atoms with Crippen molar-refractivity contribution in [1.82, 2.24) is 9.88 Å². The van der Waals surface area contributed by atoms with Crippen LogP contribution < -0.4 is 13.8 Å². The number of aliphatic hydroxyl groups is 1. The van der Waals surface area contributed by atoms with E-state index in [0.717, 1.165) is 75.5 Å². The molecule has 2 atom stereocenters. The number of halogens is 1. The fourth-order valence-electron chi connectivity index (χ4n) is 8.74. The molecule has 0 unspecified atom stereocenters. The maximum Gasteiger partial charge on any atom is 0.584 e. The molecule has 1 aliphatic rings. The van der Waals surface area contributed by atoms with Gasteiger partial charge >= 0.3 is 7.82 Å². The van der Waals surface area contributed by atoms with Gasteiger partial charge in [0.05, 0.1) is 12.6 Å². The van der Waals surface area contributed by atoms with Crippen LogP contribution >= 0.6 is 23.8 Å². The van der Waals surface area contributed by atoms with Crippen molar-refractivity contribution >= 4 is 67.0 Å². The van der Waals surface area contributed by atoms with Crippen LogP contribution in [0.4, 0.5) is 0 Å². The van der Waals surface area contributed by atoms with E-state index >= 15 is 0 Å². The highest BCUT2D eigenvalue weighted by atomic mass is 79.9. The summed E-state index contributed by atoms with van der Waals surface area (Å²) in [6, 6.07) is 55.8. The zero-order valence-electron chi connectivity index (χ0n) is 34.4. The lowest BCUT2D eigenvalue weighted by Crippen LogP contribution is -2.38. The second kappa shape index (κ2) is 17.0. The van der Waals surface area contributed by atoms with E-state index in [4.69, 9.17) is 18.8 Å². The molecular weight excluding hydrogens is 859 g/mol. The van der Waals surface area contributed by atoms with E-state index in [1.165, 1.54) is 0 Å². The molecule has 62 heavy (non-hydrogen) atoms. The Bertz CT molecular complexity index is 3070. The Morgan fingerprint density at radius 1 is 0.677 bits per heavy atom. The topological polar surface area (TPSA) is 101 Å². The molecule has 8 aromatic carbocycles. The molecule has 0 spiro atoms. The number of ether oxygens (including phenoxy) is 1. The number of phosphoric ester groups is 1. The van der Waals surface area contributed by atoms with Crippen LogP contribution in [0.3, 0.4) is 0 Å². The first-order valence-corrected chi connectivity index (χ1v) is 22.6. The van der Waals surface area contributed by atoms with Gasteiger partial charge < -0.3 is 23.8 Å². The van der Waals surface area contributed by atoms with Crippen LogP contribution in [0.5, 0.6) is 17.4 Å². The number of fused-ring (bicyclic) bond motifs is 9. The fraction of sp³-hybridized carbons (Fsp3) is 0.135. The van der Waals surface area contributed by atoms with Gasteiger partial charge in [-0.15, -0.1) is 0 Å². The summed E-state index contributed by atoms with van der Waals surface area (Å²) in [5.41, 5.74) is 3.91. The first kappa shape index (κ1) is 41.3. The highest BCUT2D eigenvalue weighted by Gasteiger charge is 2.43. The summed E-state index contributed by atoms with van der Waals surface area (Å²) in [7, 11) is 1.47. The van der Waals surface area contributed by atoms with Crippen LogP contribution in [-0.2, 0) is 10.2 Å². The smallest absolute Gasteiger partial charge is 0.481 e. The van der Waals surface area contributed by atoms with Crippen molar-refractivity contribution in [2.75, 3.05) is 27.7 Å². The summed E-state index contributed by atoms with van der Waals surface area (Å²) in [6.45, 7) is 0.706. The lowest BCUT2D eigenvalue weighted by molar-refractivity contribution is 0.00520. The molecule has 2 N–H and O–H groups in total. The third-order valence-corrected chi connectivity index (χ3v) is 12.9. The van der Waals surface area contributed by atoms with Crippen molar-refractivity contribution in [2.45, 2.75) is 17.9 Å². The molecule has 9 aromatic rings. The molecule has 310 valence electrons. The summed E-state index contributed by atoms with van der Waals surface area (Å²) in [6.07, 6.45) is 0.521. The van der Waals surface area contributed by atoms with Crippen LogP contribution in [-0.4, -0.2) is 47.6 Å². The van der Waals surface area contributed by atoms with Crippen LogP contribution in [0.1, 0.15) is 29.0 Å². The van der Waals surface area contributed by atoms with E-state index in [2.05, 4.69) is 69.4 Å². The van der Waals surface area contributed by atoms with Gasteiger partial charge in [-0.1, -0.05) is 149 Å². The van der Waals surface area contributed by atoms with Gasteiger partial charge in [-0.3, -0.25) is 4.89 Å². The Morgan fingerprint density at radius 3 is 1.82 bits per heavy atom. The molecule has 0 amide bonds. The van der Waals surface area contributed by atoms with Crippen molar-refractivity contribution in [2.24, 2.45) is 0 Å². The Hall–Kier alpha value is -6.06. The summed E-state index contributed by atoms with van der Waals surface area (Å²) < 4.78 is 30.0. The van der Waals surface area contributed by atoms with Gasteiger partial charge in [0.25, 0.3) is 0 Å². The molecule has 0 saturated heterocycles. The minimum absolute atomic E-state index is 0.347. The normalized spacial score (nSPS) is 14.4. The quantitative estimate of drug-likeness (QED) is 0.145. The number of phosphoric acid groups is 1. The highest BCUT2D eigenvalue weighted by molar-refractivity contribution is 9.10. The number of hydrogen-bond acceptors (Lipinski definition) is 7. The minimum atomic E-state index is -4.25. The van der Waals surface area contributed by atoms with Crippen LogP contribution in [0, 0.1) is 0 Å². The second-order valence-corrected chi connectivity index (χ2v) is 18.0. The zero-order valence-corrected chi connectivity index (χ0v) is 36.9. The lowest BCUT2D eigenvalue weighted by Gasteiger charge is -2.39. The number of rotatable bonds is 8. The van der Waals surface area contributed by atoms with Gasteiger partial charge in [0.1, 0.15) is 17.1 Å². The highest BCUT2D eigenvalue weighted by Crippen LogP contribution is 2.57. The minimum Gasteiger partial charge on any atom is -0.481 e. The number of nitrogens with zero attached hydrogens (tertiary/aromatic N) is 2. The van der Waals surface area contributed by atoms with Gasteiger partial charge in [-0.25, -0.2) is 9.55 Å². The number of methoxy groups -OCH3 is 1. The van der Waals surface area contributed by atoms with E-state index in [9.17, 15) is 14.6 Å². The number of benzene rings is 8. The zero-order chi connectivity index (χ0) is 43.0. The molecule has 0 radical (unpaired) electrons. The Kier molecular flexibility index (Phi) is 11.3. The monoisotopic (exact) mass is 902 g/mol. The predicted octanol–water partition coefficient (Wildman–Crippen LogP) is 12.7. The molecule has 1 aromatic heterocycles. The molecule has 1 aliphatic heterocycles. The SMILES string of the molecule is COc1nc2ccc(Br)cc2cc1[C@H](c1ccccc1)[C@](O)(CCN(C)C)c1cccc2ccccc12.O=P1(O)Oc2ccc3ccccc3c2-c2c(ccc3ccccc23)O1. The maximum absolute atomic E-state index is 13.0. The molecule has 8 nitrogen and oxygen atoms in total. The maximum atomic E-state index is 13.0. The third-order valence-electron chi connectivity index (χ3n) is 11.5. The summed E-state index contributed by atoms with van der Waals surface area (Å²) in [4.78, 5) is 17.1. The van der Waals surface area contributed by atoms with E-state index in [0.29, 0.717) is 30.3 Å². The summed E-state index contributed by atoms with van der Waals surface area (Å²) in [5, 5.41) is 20.1. The van der Waals surface area contributed by atoms with Crippen molar-refractivity contribution in [3.05, 3.63) is 191 Å². The van der Waals surface area contributed by atoms with Gasteiger partial charge in [0.15, 0.2) is 0 Å². The van der Waals surface area contributed by atoms with E-state index in [1.807, 2.05) is 123 Å². The van der Waals surface area contributed by atoms with E-state index < -0.39 is 19.3 Å². The average molecular weight is 904 g/mol. The predicted molar refractivity (Wildman–Crippen MR) is 253 cm³/mol. The lowest BCUT2D eigenvalue weighted by atomic mass is 9.70. The van der Waals surface area contributed by atoms with Crippen molar-refractivity contribution < 1.29 is 28.3 Å². The van der Waals surface area contributed by atoms with Gasteiger partial charge in [-0.2, -0.15) is 0 Å². The molecule has 10 heteroatoms. The summed E-state index contributed by atoms with van der Waals surface area (Å²) in [5.74, 6) is 0.789. The Balaban J connectivity index is 0.000000170. The van der Waals surface area contributed by atoms with Gasteiger partial charge in [0.2, 0.25) is 5.88 Å². The molecular formula is C52H44BrN2O6P. The standard InChI is InChI=1S/C32H31BrN2O2.C20H13O4P/c1-35(2)19-18-32(36,28-15-9-13-22-10-7-8-14-26(22)28)30(23-11-5-4-6-12-23)27-21-24-20-25(33)16-17-29(24)34-31(27)37-3;21-25(22)23-17-11-9-13-5-1-3-7-15(13)19(17)20-16-8-4-2-6-14(16)10-12-18(20)24-25/h4-17,20-21,30,36H,18-19H2,1-3H3;1-12H,(H,21,22)/t30-,32-;/m0./s1. The van der Waals surface area contributed by atoms with Crippen molar-refractivity contribution in [3.63, 3.8) is 0 Å². The molecule has 0 fully saturated rings. The average Bonchev–Trinajstić information content (AvgIpc) is 3.41. The molecule has 10 rings (SSSR count). The first-order valence-electron chi connectivity index (χ1n) is 20.3. The molecule has 0 aliphatic carbocycles. The second-order valence-electron chi connectivity index (χ2n) is 15.7. The first-order chi connectivity index (χ1) is 30.0. The Morgan fingerprint density at radius 2 is 1.23 bits per heavy atom.